The largest absolute Gasteiger partial charge is 0.492 e. The number of H-pyrrole nitrogens is 1. The van der Waals surface area contributed by atoms with Gasteiger partial charge in [0, 0.05) is 87.3 Å². The summed E-state index contributed by atoms with van der Waals surface area (Å²) in [6.45, 7) is 17.3. The lowest BCUT2D eigenvalue weighted by molar-refractivity contribution is -0.134. The van der Waals surface area contributed by atoms with Crippen LogP contribution in [0.4, 0.5) is 11.4 Å². The van der Waals surface area contributed by atoms with Crippen molar-refractivity contribution in [1.29, 1.82) is 0 Å². The molecule has 14 nitrogen and oxygen atoms in total. The van der Waals surface area contributed by atoms with Crippen LogP contribution in [0.1, 0.15) is 46.5 Å². The molecule has 1 N–H and O–H groups in total. The van der Waals surface area contributed by atoms with Crippen LogP contribution in [0.2, 0.25) is 20.1 Å². The summed E-state index contributed by atoms with van der Waals surface area (Å²) in [5.74, 6) is 1.43. The number of carbonyl (C=O) groups excluding carboxylic acids is 2. The number of halogens is 5. The number of aromatic nitrogens is 6. The van der Waals surface area contributed by atoms with Crippen LogP contribution in [0.15, 0.2) is 85.2 Å². The molecule has 2 amide bonds. The molecule has 2 aliphatic heterocycles. The Morgan fingerprint density at radius 3 is 1.62 bits per heavy atom. The van der Waals surface area contributed by atoms with E-state index in [1.54, 1.807) is 17.1 Å². The lowest BCUT2D eigenvalue weighted by Crippen LogP contribution is -2.54. The highest BCUT2D eigenvalue weighted by atomic mass is 35.5. The summed E-state index contributed by atoms with van der Waals surface area (Å²) >= 11 is 30.5. The van der Waals surface area contributed by atoms with E-state index in [2.05, 4.69) is 42.0 Å². The molecule has 2 aliphatic rings. The first-order chi connectivity index (χ1) is 32.2. The molecule has 2 fully saturated rings. The van der Waals surface area contributed by atoms with Crippen LogP contribution in [0.3, 0.4) is 0 Å². The van der Waals surface area contributed by atoms with E-state index < -0.39 is 0 Å². The fourth-order valence-corrected chi connectivity index (χ4v) is 8.67. The Morgan fingerprint density at radius 2 is 1.19 bits per heavy atom. The number of piperazine rings is 2. The van der Waals surface area contributed by atoms with Crippen molar-refractivity contribution in [2.24, 2.45) is 0 Å². The van der Waals surface area contributed by atoms with Gasteiger partial charge < -0.3 is 29.1 Å². The van der Waals surface area contributed by atoms with E-state index in [1.165, 1.54) is 0 Å². The van der Waals surface area contributed by atoms with E-state index in [9.17, 15) is 9.59 Å². The topological polar surface area (TPSA) is 138 Å². The van der Waals surface area contributed by atoms with Gasteiger partial charge in [-0.05, 0) is 90.1 Å². The normalized spacial score (nSPS) is 15.6. The Balaban J connectivity index is 0.000000210. The van der Waals surface area contributed by atoms with Crippen molar-refractivity contribution in [3.63, 3.8) is 0 Å². The molecule has 68 heavy (non-hydrogen) atoms. The highest BCUT2D eigenvalue weighted by molar-refractivity contribution is 6.34. The van der Waals surface area contributed by atoms with Gasteiger partial charge in [-0.3, -0.25) is 29.3 Å². The second kappa shape index (κ2) is 25.4. The molecule has 8 rings (SSSR count). The first-order valence-corrected chi connectivity index (χ1v) is 24.0. The van der Waals surface area contributed by atoms with Crippen molar-refractivity contribution >= 4 is 81.2 Å². The lowest BCUT2D eigenvalue weighted by atomic mass is 10.1. The summed E-state index contributed by atoms with van der Waals surface area (Å²) in [6, 6.07) is 23.0. The Morgan fingerprint density at radius 1 is 0.691 bits per heavy atom. The van der Waals surface area contributed by atoms with Gasteiger partial charge in [0.15, 0.2) is 0 Å². The molecule has 0 radical (unpaired) electrons. The molecule has 6 aromatic rings. The molecule has 0 aliphatic carbocycles. The molecule has 0 bridgehead atoms. The molecular formula is C49H59Cl5N10O4. The number of carbonyl (C=O) groups is 2. The zero-order valence-corrected chi connectivity index (χ0v) is 42.1. The average molecular weight is 1030 g/mol. The van der Waals surface area contributed by atoms with Gasteiger partial charge in [-0.2, -0.15) is 10.2 Å². The van der Waals surface area contributed by atoms with E-state index >= 15 is 0 Å². The van der Waals surface area contributed by atoms with Crippen molar-refractivity contribution in [3.05, 3.63) is 117 Å². The van der Waals surface area contributed by atoms with E-state index in [4.69, 9.17) is 67.5 Å². The lowest BCUT2D eigenvalue weighted by Gasteiger charge is -2.41. The smallest absolute Gasteiger partial charge is 0.244 e. The number of hydrogen-bond donors (Lipinski definition) is 1. The number of benzene rings is 2. The zero-order chi connectivity index (χ0) is 48.2. The monoisotopic (exact) mass is 1030 g/mol. The van der Waals surface area contributed by atoms with Crippen LogP contribution >= 0.6 is 58.0 Å². The fourth-order valence-electron chi connectivity index (χ4n) is 7.76. The molecule has 0 unspecified atom stereocenters. The fraction of sp³-hybridized carbons (Fsp3) is 0.388. The van der Waals surface area contributed by atoms with Crippen LogP contribution < -0.4 is 19.3 Å². The molecule has 2 aromatic carbocycles. The van der Waals surface area contributed by atoms with E-state index in [0.717, 1.165) is 54.6 Å². The Kier molecular flexibility index (Phi) is 20.0. The van der Waals surface area contributed by atoms with Gasteiger partial charge in [0.05, 0.1) is 56.1 Å². The van der Waals surface area contributed by atoms with Crippen molar-refractivity contribution in [2.75, 3.05) is 68.2 Å². The summed E-state index contributed by atoms with van der Waals surface area (Å²) in [5, 5.41) is 13.8. The Labute approximate surface area is 424 Å². The van der Waals surface area contributed by atoms with Gasteiger partial charge >= 0.3 is 0 Å². The molecule has 4 aromatic heterocycles. The van der Waals surface area contributed by atoms with Crippen molar-refractivity contribution < 1.29 is 19.1 Å². The van der Waals surface area contributed by atoms with Crippen LogP contribution in [-0.4, -0.2) is 122 Å². The number of alkyl halides is 1. The number of pyridine rings is 2. The van der Waals surface area contributed by atoms with E-state index in [-0.39, 0.29) is 43.7 Å². The maximum Gasteiger partial charge on any atom is 0.244 e. The number of hydrogen-bond acceptors (Lipinski definition) is 10. The van der Waals surface area contributed by atoms with Crippen molar-refractivity contribution in [2.45, 2.75) is 67.6 Å². The number of amides is 2. The Bertz CT molecular complexity index is 2580. The molecule has 0 saturated carbocycles. The predicted molar refractivity (Wildman–Crippen MR) is 276 cm³/mol. The van der Waals surface area contributed by atoms with Gasteiger partial charge in [0.25, 0.3) is 0 Å². The molecule has 2 atom stereocenters. The van der Waals surface area contributed by atoms with Gasteiger partial charge in [-0.1, -0.05) is 66.0 Å². The van der Waals surface area contributed by atoms with Crippen LogP contribution in [0.25, 0.3) is 22.8 Å². The number of ether oxygens (including phenoxy) is 2. The predicted octanol–water partition coefficient (Wildman–Crippen LogP) is 10.8. The van der Waals surface area contributed by atoms with Crippen molar-refractivity contribution in [3.8, 4) is 34.3 Å². The molecule has 19 heteroatoms. The highest BCUT2D eigenvalue weighted by Crippen LogP contribution is 2.33. The summed E-state index contributed by atoms with van der Waals surface area (Å²) in [6.07, 6.45) is 3.42. The number of nitrogens with zero attached hydrogens (tertiary/aromatic N) is 9. The van der Waals surface area contributed by atoms with E-state index in [0.29, 0.717) is 75.0 Å². The third-order valence-corrected chi connectivity index (χ3v) is 13.0. The number of nitrogens with one attached hydrogen (secondary N) is 1. The molecule has 2 saturated heterocycles. The number of aryl methyl sites for hydroxylation is 1. The maximum atomic E-state index is 13.2. The van der Waals surface area contributed by atoms with Gasteiger partial charge in [-0.25, -0.2) is 0 Å². The second-order valence-corrected chi connectivity index (χ2v) is 17.7. The first kappa shape index (κ1) is 53.7. The summed E-state index contributed by atoms with van der Waals surface area (Å²) in [5.41, 5.74) is 6.49. The maximum absolute atomic E-state index is 13.2. The standard InChI is InChI=1S/C24H27Cl2N5O2.C15H20Cl2N2O2.C9H8ClN3.CH4/c1-4-33-21-13-18(8-9-19(21)25)29-11-12-30(16(2)14-29)22(32)15-31-17(3)23(26)24(28-31)20-7-5-6-10-27-20;1-3-21-14-8-12(4-5-13(14)17)18-6-7-19(11(2)10-18)15(20)9-16;1-6-8(10)9(13-12-6)7-4-2-3-5-11-7;/h5-10,13,16H,4,11-12,14-15H2,1-3H3;4-5,8,11H,3,6-7,9-10H2,1-2H3;2-5H,1H3,(H,12,13);1H4/t16-;11-;;/m00../s1. The molecular weight excluding hydrogens is 970 g/mol. The molecule has 364 valence electrons. The minimum atomic E-state index is -0.00470. The van der Waals surface area contributed by atoms with E-state index in [1.807, 2.05) is 117 Å². The minimum absolute atomic E-state index is 0. The van der Waals surface area contributed by atoms with Gasteiger partial charge in [0.1, 0.15) is 35.3 Å². The van der Waals surface area contributed by atoms with Crippen LogP contribution in [-0.2, 0) is 16.1 Å². The minimum Gasteiger partial charge on any atom is -0.492 e. The SMILES string of the molecule is C.CCOc1cc(N2CCN(C(=O)CCl)[C@@H](C)C2)ccc1Cl.CCOc1cc(N2CCN(C(=O)Cn3nc(-c4ccccn4)c(Cl)c3C)[C@@H](C)C2)ccc1Cl.Cc1[nH]nc(-c2ccccn2)c1Cl. The molecule has 6 heterocycles. The summed E-state index contributed by atoms with van der Waals surface area (Å²) in [4.78, 5) is 41.6. The zero-order valence-electron chi connectivity index (χ0n) is 38.4. The van der Waals surface area contributed by atoms with Gasteiger partial charge in [0.2, 0.25) is 11.8 Å². The average Bonchev–Trinajstić information content (AvgIpc) is 3.82. The van der Waals surface area contributed by atoms with Gasteiger partial charge in [-0.15, -0.1) is 11.6 Å². The number of anilines is 2. The van der Waals surface area contributed by atoms with Crippen LogP contribution in [0.5, 0.6) is 11.5 Å². The second-order valence-electron chi connectivity index (χ2n) is 15.8. The Hall–Kier alpha value is -5.25. The van der Waals surface area contributed by atoms with Crippen molar-refractivity contribution in [1.82, 2.24) is 39.7 Å². The highest BCUT2D eigenvalue weighted by Gasteiger charge is 2.30. The third kappa shape index (κ3) is 13.3. The third-order valence-electron chi connectivity index (χ3n) is 11.3. The summed E-state index contributed by atoms with van der Waals surface area (Å²) < 4.78 is 12.8. The molecule has 0 spiro atoms. The quantitative estimate of drug-likeness (QED) is 0.125. The first-order valence-electron chi connectivity index (χ1n) is 22.0. The number of rotatable bonds is 11. The summed E-state index contributed by atoms with van der Waals surface area (Å²) in [7, 11) is 0. The number of aromatic amines is 1. The van der Waals surface area contributed by atoms with Crippen LogP contribution in [0, 0.1) is 13.8 Å².